The molecule has 27 heavy (non-hydrogen) atoms. The van der Waals surface area contributed by atoms with Crippen molar-refractivity contribution in [3.05, 3.63) is 52.2 Å². The molecule has 6 nitrogen and oxygen atoms in total. The molecular formula is C20H22N2O4S. The molecule has 2 aromatic rings. The van der Waals surface area contributed by atoms with E-state index >= 15 is 0 Å². The third-order valence-corrected chi connectivity index (χ3v) is 5.24. The summed E-state index contributed by atoms with van der Waals surface area (Å²) in [5.41, 5.74) is 1.56. The van der Waals surface area contributed by atoms with Gasteiger partial charge >= 0.3 is 0 Å². The van der Waals surface area contributed by atoms with Crippen LogP contribution in [0.1, 0.15) is 28.1 Å². The first-order valence-electron chi connectivity index (χ1n) is 8.93. The summed E-state index contributed by atoms with van der Waals surface area (Å²) in [5.74, 6) is -0.128. The van der Waals surface area contributed by atoms with Gasteiger partial charge in [0.2, 0.25) is 11.8 Å². The van der Waals surface area contributed by atoms with Gasteiger partial charge in [0.1, 0.15) is 0 Å². The Balaban J connectivity index is 1.44. The number of amides is 2. The Hall–Kier alpha value is -2.51. The summed E-state index contributed by atoms with van der Waals surface area (Å²) >= 11 is 1.38. The van der Waals surface area contributed by atoms with Gasteiger partial charge in [0.05, 0.1) is 24.5 Å². The molecule has 2 heterocycles. The van der Waals surface area contributed by atoms with Crippen molar-refractivity contribution in [1.29, 1.82) is 0 Å². The second kappa shape index (κ2) is 9.43. The van der Waals surface area contributed by atoms with E-state index in [0.29, 0.717) is 43.3 Å². The minimum atomic E-state index is -0.197. The third-order valence-electron chi connectivity index (χ3n) is 4.33. The highest BCUT2D eigenvalue weighted by Crippen LogP contribution is 2.14. The highest BCUT2D eigenvalue weighted by Gasteiger charge is 2.17. The molecule has 0 bridgehead atoms. The molecule has 7 heteroatoms. The van der Waals surface area contributed by atoms with Crippen molar-refractivity contribution in [1.82, 2.24) is 4.90 Å². The first-order chi connectivity index (χ1) is 13.1. The molecular weight excluding hydrogens is 364 g/mol. The van der Waals surface area contributed by atoms with Crippen molar-refractivity contribution < 1.29 is 19.1 Å². The number of thiophene rings is 1. The summed E-state index contributed by atoms with van der Waals surface area (Å²) in [4.78, 5) is 38.7. The minimum absolute atomic E-state index is 0.0166. The van der Waals surface area contributed by atoms with Crippen LogP contribution in [-0.4, -0.2) is 48.8 Å². The van der Waals surface area contributed by atoms with E-state index in [1.54, 1.807) is 18.2 Å². The Kier molecular flexibility index (Phi) is 6.73. The number of carbonyl (C=O) groups excluding carboxylic acids is 3. The lowest BCUT2D eigenvalue weighted by molar-refractivity contribution is -0.134. The number of hydrogen-bond donors (Lipinski definition) is 1. The van der Waals surface area contributed by atoms with Gasteiger partial charge in [0.25, 0.3) is 0 Å². The summed E-state index contributed by atoms with van der Waals surface area (Å²) in [7, 11) is 0. The van der Waals surface area contributed by atoms with E-state index in [1.165, 1.54) is 11.3 Å². The van der Waals surface area contributed by atoms with Crippen molar-refractivity contribution in [3.63, 3.8) is 0 Å². The van der Waals surface area contributed by atoms with Gasteiger partial charge in [0, 0.05) is 31.6 Å². The number of ether oxygens (including phenoxy) is 1. The normalized spacial score (nSPS) is 14.0. The molecule has 1 N–H and O–H groups in total. The summed E-state index contributed by atoms with van der Waals surface area (Å²) in [6.45, 7) is 2.45. The van der Waals surface area contributed by atoms with Gasteiger partial charge in [-0.15, -0.1) is 11.3 Å². The number of nitrogens with one attached hydrogen (secondary N) is 1. The zero-order valence-corrected chi connectivity index (χ0v) is 15.8. The van der Waals surface area contributed by atoms with Crippen LogP contribution in [-0.2, 0) is 20.7 Å². The molecule has 3 rings (SSSR count). The van der Waals surface area contributed by atoms with Gasteiger partial charge in [0.15, 0.2) is 5.78 Å². The van der Waals surface area contributed by atoms with Crippen molar-refractivity contribution in [3.8, 4) is 0 Å². The number of benzene rings is 1. The molecule has 142 valence electrons. The summed E-state index contributed by atoms with van der Waals surface area (Å²) in [5, 5.41) is 4.63. The van der Waals surface area contributed by atoms with Gasteiger partial charge in [-0.3, -0.25) is 14.4 Å². The second-order valence-electron chi connectivity index (χ2n) is 6.32. The predicted molar refractivity (Wildman–Crippen MR) is 104 cm³/mol. The zero-order chi connectivity index (χ0) is 19.1. The molecule has 1 aliphatic heterocycles. The Morgan fingerprint density at radius 1 is 1.04 bits per heavy atom. The lowest BCUT2D eigenvalue weighted by Gasteiger charge is -2.26. The Morgan fingerprint density at radius 3 is 2.44 bits per heavy atom. The minimum Gasteiger partial charge on any atom is -0.378 e. The van der Waals surface area contributed by atoms with E-state index in [9.17, 15) is 14.4 Å². The second-order valence-corrected chi connectivity index (χ2v) is 7.26. The lowest BCUT2D eigenvalue weighted by atomic mass is 10.1. The van der Waals surface area contributed by atoms with Crippen LogP contribution in [0, 0.1) is 0 Å². The molecule has 1 fully saturated rings. The van der Waals surface area contributed by atoms with Gasteiger partial charge in [-0.2, -0.15) is 0 Å². The van der Waals surface area contributed by atoms with Crippen LogP contribution < -0.4 is 5.32 Å². The van der Waals surface area contributed by atoms with Crippen LogP contribution in [0.3, 0.4) is 0 Å². The van der Waals surface area contributed by atoms with Gasteiger partial charge in [-0.25, -0.2) is 0 Å². The molecule has 0 spiro atoms. The number of anilines is 1. The lowest BCUT2D eigenvalue weighted by Crippen LogP contribution is -2.41. The molecule has 1 aliphatic rings. The third kappa shape index (κ3) is 5.74. The fourth-order valence-electron chi connectivity index (χ4n) is 2.82. The van der Waals surface area contributed by atoms with E-state index in [1.807, 2.05) is 28.5 Å². The largest absolute Gasteiger partial charge is 0.378 e. The maximum Gasteiger partial charge on any atom is 0.227 e. The smallest absolute Gasteiger partial charge is 0.227 e. The number of Topliss-reactive ketones (excluding diaryl/α,β-unsaturated/α-hetero) is 1. The number of rotatable bonds is 7. The maximum absolute atomic E-state index is 12.2. The number of hydrogen-bond acceptors (Lipinski definition) is 5. The van der Waals surface area contributed by atoms with Crippen LogP contribution in [0.5, 0.6) is 0 Å². The molecule has 0 unspecified atom stereocenters. The van der Waals surface area contributed by atoms with Crippen LogP contribution in [0.2, 0.25) is 0 Å². The van der Waals surface area contributed by atoms with E-state index in [-0.39, 0.29) is 30.4 Å². The SMILES string of the molecule is O=C(CCC(=O)c1cccs1)Nc1ccc(CC(=O)N2CCOCC2)cc1. The molecule has 1 saturated heterocycles. The summed E-state index contributed by atoms with van der Waals surface area (Å²) < 4.78 is 5.25. The maximum atomic E-state index is 12.2. The fraction of sp³-hybridized carbons (Fsp3) is 0.350. The average Bonchev–Trinajstić information content (AvgIpc) is 3.23. The molecule has 0 atom stereocenters. The molecule has 2 amide bonds. The first kappa shape index (κ1) is 19.3. The Bertz CT molecular complexity index is 781. The highest BCUT2D eigenvalue weighted by atomic mass is 32.1. The zero-order valence-electron chi connectivity index (χ0n) is 15.0. The van der Waals surface area contributed by atoms with E-state index < -0.39 is 0 Å². The number of nitrogens with zero attached hydrogens (tertiary/aromatic N) is 1. The summed E-state index contributed by atoms with van der Waals surface area (Å²) in [6, 6.07) is 10.8. The predicted octanol–water partition coefficient (Wildman–Crippen LogP) is 2.75. The molecule has 1 aromatic carbocycles. The quantitative estimate of drug-likeness (QED) is 0.743. The first-order valence-corrected chi connectivity index (χ1v) is 9.81. The summed E-state index contributed by atoms with van der Waals surface area (Å²) in [6.07, 6.45) is 0.677. The van der Waals surface area contributed by atoms with Crippen LogP contribution in [0.4, 0.5) is 5.69 Å². The molecule has 0 aliphatic carbocycles. The topological polar surface area (TPSA) is 75.7 Å². The van der Waals surface area contributed by atoms with E-state index in [4.69, 9.17) is 4.74 Å². The Morgan fingerprint density at radius 2 is 1.78 bits per heavy atom. The van der Waals surface area contributed by atoms with E-state index in [0.717, 1.165) is 5.56 Å². The Labute approximate surface area is 162 Å². The average molecular weight is 386 g/mol. The van der Waals surface area contributed by atoms with Crippen molar-refractivity contribution in [2.45, 2.75) is 19.3 Å². The van der Waals surface area contributed by atoms with Gasteiger partial charge < -0.3 is 15.0 Å². The number of carbonyl (C=O) groups is 3. The molecule has 1 aromatic heterocycles. The van der Waals surface area contributed by atoms with Crippen molar-refractivity contribution in [2.75, 3.05) is 31.6 Å². The van der Waals surface area contributed by atoms with Crippen molar-refractivity contribution in [2.24, 2.45) is 0 Å². The molecule has 0 radical (unpaired) electrons. The van der Waals surface area contributed by atoms with Crippen LogP contribution >= 0.6 is 11.3 Å². The van der Waals surface area contributed by atoms with Crippen molar-refractivity contribution >= 4 is 34.6 Å². The number of ketones is 1. The van der Waals surface area contributed by atoms with Crippen LogP contribution in [0.25, 0.3) is 0 Å². The van der Waals surface area contributed by atoms with Gasteiger partial charge in [-0.1, -0.05) is 18.2 Å². The highest BCUT2D eigenvalue weighted by molar-refractivity contribution is 7.12. The van der Waals surface area contributed by atoms with Gasteiger partial charge in [-0.05, 0) is 29.1 Å². The van der Waals surface area contributed by atoms with E-state index in [2.05, 4.69) is 5.32 Å². The van der Waals surface area contributed by atoms with Crippen LogP contribution in [0.15, 0.2) is 41.8 Å². The standard InChI is InChI=1S/C20H22N2O4S/c23-17(18-2-1-13-27-18)7-8-19(24)21-16-5-3-15(4-6-16)14-20(25)22-9-11-26-12-10-22/h1-6,13H,7-12,14H2,(H,21,24). The molecule has 0 saturated carbocycles. The number of morpholine rings is 1. The fourth-order valence-corrected chi connectivity index (χ4v) is 3.51. The monoisotopic (exact) mass is 386 g/mol.